The third kappa shape index (κ3) is 2.26. The van der Waals surface area contributed by atoms with E-state index in [4.69, 9.17) is 10.00 Å². The fourth-order valence-corrected chi connectivity index (χ4v) is 2.30. The van der Waals surface area contributed by atoms with E-state index >= 15 is 0 Å². The van der Waals surface area contributed by atoms with Crippen molar-refractivity contribution in [1.29, 1.82) is 5.26 Å². The fourth-order valence-electron chi connectivity index (χ4n) is 2.30. The number of aromatic amines is 1. The normalized spacial score (nSPS) is 10.3. The summed E-state index contributed by atoms with van der Waals surface area (Å²) in [5.41, 5.74) is 2.49. The van der Waals surface area contributed by atoms with Crippen LogP contribution in [-0.2, 0) is 0 Å². The summed E-state index contributed by atoms with van der Waals surface area (Å²) in [5.74, 6) is 0.567. The van der Waals surface area contributed by atoms with Gasteiger partial charge in [-0.1, -0.05) is 18.2 Å². The van der Waals surface area contributed by atoms with Crippen LogP contribution in [0.15, 0.2) is 48.7 Å². The number of nitriles is 1. The molecule has 1 N–H and O–H groups in total. The average molecular weight is 276 g/mol. The van der Waals surface area contributed by atoms with E-state index in [1.165, 1.54) is 0 Å². The lowest BCUT2D eigenvalue weighted by molar-refractivity contribution is 0.104. The zero-order chi connectivity index (χ0) is 14.8. The second-order valence-corrected chi connectivity index (χ2v) is 4.64. The van der Waals surface area contributed by atoms with E-state index in [1.54, 1.807) is 55.8 Å². The number of hydrogen-bond donors (Lipinski definition) is 1. The lowest BCUT2D eigenvalue weighted by Crippen LogP contribution is -2.00. The van der Waals surface area contributed by atoms with Crippen LogP contribution in [0.1, 0.15) is 21.5 Å². The number of benzene rings is 2. The Hall–Kier alpha value is -3.06. The van der Waals surface area contributed by atoms with E-state index in [2.05, 4.69) is 11.1 Å². The first-order valence-electron chi connectivity index (χ1n) is 6.43. The van der Waals surface area contributed by atoms with E-state index in [1.807, 2.05) is 0 Å². The lowest BCUT2D eigenvalue weighted by atomic mass is 10.0. The molecule has 21 heavy (non-hydrogen) atoms. The third-order valence-corrected chi connectivity index (χ3v) is 3.39. The van der Waals surface area contributed by atoms with Gasteiger partial charge in [-0.3, -0.25) is 4.79 Å². The highest BCUT2D eigenvalue weighted by Gasteiger charge is 2.15. The smallest absolute Gasteiger partial charge is 0.195 e. The predicted octanol–water partition coefficient (Wildman–Crippen LogP) is 3.28. The molecule has 0 atom stereocenters. The molecule has 2 aromatic carbocycles. The van der Waals surface area contributed by atoms with E-state index in [0.717, 1.165) is 10.9 Å². The quantitative estimate of drug-likeness (QED) is 0.746. The second kappa shape index (κ2) is 5.14. The molecule has 0 bridgehead atoms. The van der Waals surface area contributed by atoms with Gasteiger partial charge in [-0.15, -0.1) is 0 Å². The summed E-state index contributed by atoms with van der Waals surface area (Å²) in [4.78, 5) is 15.6. The van der Waals surface area contributed by atoms with Crippen molar-refractivity contribution in [2.45, 2.75) is 0 Å². The first kappa shape index (κ1) is 12.9. The van der Waals surface area contributed by atoms with Crippen LogP contribution in [0.25, 0.3) is 10.9 Å². The van der Waals surface area contributed by atoms with Crippen LogP contribution in [0.3, 0.4) is 0 Å². The molecule has 0 aliphatic carbocycles. The predicted molar refractivity (Wildman–Crippen MR) is 79.4 cm³/mol. The van der Waals surface area contributed by atoms with Crippen molar-refractivity contribution < 1.29 is 9.53 Å². The SMILES string of the molecule is COc1cccc(C(=O)c2c[nH]c3cc(C#N)ccc23)c1. The molecule has 0 fully saturated rings. The van der Waals surface area contributed by atoms with Gasteiger partial charge in [-0.25, -0.2) is 0 Å². The number of fused-ring (bicyclic) bond motifs is 1. The number of carbonyl (C=O) groups excluding carboxylic acids is 1. The van der Waals surface area contributed by atoms with Crippen LogP contribution >= 0.6 is 0 Å². The van der Waals surface area contributed by atoms with Crippen LogP contribution in [0.2, 0.25) is 0 Å². The highest BCUT2D eigenvalue weighted by molar-refractivity contribution is 6.16. The Balaban J connectivity index is 2.07. The number of hydrogen-bond acceptors (Lipinski definition) is 3. The van der Waals surface area contributed by atoms with Crippen molar-refractivity contribution in [3.05, 3.63) is 65.4 Å². The summed E-state index contributed by atoms with van der Waals surface area (Å²) < 4.78 is 5.14. The van der Waals surface area contributed by atoms with E-state index in [9.17, 15) is 4.79 Å². The summed E-state index contributed by atoms with van der Waals surface area (Å²) >= 11 is 0. The van der Waals surface area contributed by atoms with E-state index < -0.39 is 0 Å². The molecule has 0 spiro atoms. The maximum atomic E-state index is 12.6. The number of aromatic nitrogens is 1. The molecule has 102 valence electrons. The summed E-state index contributed by atoms with van der Waals surface area (Å²) in [6, 6.07) is 14.4. The van der Waals surface area contributed by atoms with Crippen molar-refractivity contribution >= 4 is 16.7 Å². The highest BCUT2D eigenvalue weighted by atomic mass is 16.5. The number of carbonyl (C=O) groups is 1. The van der Waals surface area contributed by atoms with Crippen molar-refractivity contribution in [2.75, 3.05) is 7.11 Å². The topological polar surface area (TPSA) is 65.9 Å². The molecule has 3 rings (SSSR count). The first-order valence-corrected chi connectivity index (χ1v) is 6.43. The average Bonchev–Trinajstić information content (AvgIpc) is 2.97. The number of rotatable bonds is 3. The molecule has 0 aliphatic heterocycles. The minimum Gasteiger partial charge on any atom is -0.497 e. The van der Waals surface area contributed by atoms with Crippen LogP contribution in [0, 0.1) is 11.3 Å². The van der Waals surface area contributed by atoms with Gasteiger partial charge in [-0.05, 0) is 24.3 Å². The number of ketones is 1. The summed E-state index contributed by atoms with van der Waals surface area (Å²) in [6.45, 7) is 0. The number of ether oxygens (including phenoxy) is 1. The Kier molecular flexibility index (Phi) is 3.17. The Morgan fingerprint density at radius 3 is 2.86 bits per heavy atom. The molecule has 0 saturated heterocycles. The largest absolute Gasteiger partial charge is 0.497 e. The Bertz CT molecular complexity index is 872. The van der Waals surface area contributed by atoms with Gasteiger partial charge in [0.25, 0.3) is 0 Å². The minimum atomic E-state index is -0.0788. The Morgan fingerprint density at radius 2 is 2.10 bits per heavy atom. The van der Waals surface area contributed by atoms with E-state index in [-0.39, 0.29) is 5.78 Å². The van der Waals surface area contributed by atoms with Crippen molar-refractivity contribution in [3.63, 3.8) is 0 Å². The zero-order valence-electron chi connectivity index (χ0n) is 11.4. The fraction of sp³-hybridized carbons (Fsp3) is 0.0588. The van der Waals surface area contributed by atoms with Crippen LogP contribution < -0.4 is 4.74 Å². The Morgan fingerprint density at radius 1 is 1.24 bits per heavy atom. The van der Waals surface area contributed by atoms with Gasteiger partial charge >= 0.3 is 0 Å². The number of H-pyrrole nitrogens is 1. The molecule has 0 aliphatic rings. The monoisotopic (exact) mass is 276 g/mol. The van der Waals surface area contributed by atoms with Crippen LogP contribution in [0.4, 0.5) is 0 Å². The maximum Gasteiger partial charge on any atom is 0.195 e. The number of nitrogens with one attached hydrogen (secondary N) is 1. The first-order chi connectivity index (χ1) is 10.2. The summed E-state index contributed by atoms with van der Waals surface area (Å²) in [7, 11) is 1.57. The van der Waals surface area contributed by atoms with Gasteiger partial charge < -0.3 is 9.72 Å². The standard InChI is InChI=1S/C17H12N2O2/c1-21-13-4-2-3-12(8-13)17(20)15-10-19-16-7-11(9-18)5-6-14(15)16/h2-8,10,19H,1H3. The van der Waals surface area contributed by atoms with Gasteiger partial charge in [0.15, 0.2) is 5.78 Å². The van der Waals surface area contributed by atoms with Crippen molar-refractivity contribution in [3.8, 4) is 11.8 Å². The van der Waals surface area contributed by atoms with E-state index in [0.29, 0.717) is 22.4 Å². The molecule has 0 saturated carbocycles. The molecule has 0 radical (unpaired) electrons. The molecule has 0 amide bonds. The molecule has 4 nitrogen and oxygen atoms in total. The second-order valence-electron chi connectivity index (χ2n) is 4.64. The lowest BCUT2D eigenvalue weighted by Gasteiger charge is -2.03. The molecular formula is C17H12N2O2. The minimum absolute atomic E-state index is 0.0788. The molecule has 1 aromatic heterocycles. The van der Waals surface area contributed by atoms with Crippen LogP contribution in [0.5, 0.6) is 5.75 Å². The summed E-state index contributed by atoms with van der Waals surface area (Å²) in [6.07, 6.45) is 1.67. The maximum absolute atomic E-state index is 12.6. The van der Waals surface area contributed by atoms with Gasteiger partial charge in [0.1, 0.15) is 5.75 Å². The van der Waals surface area contributed by atoms with Gasteiger partial charge in [0.2, 0.25) is 0 Å². The molecule has 4 heteroatoms. The van der Waals surface area contributed by atoms with Crippen molar-refractivity contribution in [2.24, 2.45) is 0 Å². The highest BCUT2D eigenvalue weighted by Crippen LogP contribution is 2.23. The number of nitrogens with zero attached hydrogens (tertiary/aromatic N) is 1. The molecule has 1 heterocycles. The van der Waals surface area contributed by atoms with Gasteiger partial charge in [0, 0.05) is 28.2 Å². The molecule has 0 unspecified atom stereocenters. The Labute approximate surface area is 121 Å². The van der Waals surface area contributed by atoms with Crippen LogP contribution in [-0.4, -0.2) is 17.9 Å². The zero-order valence-corrected chi connectivity index (χ0v) is 11.4. The van der Waals surface area contributed by atoms with Crippen molar-refractivity contribution in [1.82, 2.24) is 4.98 Å². The molecule has 3 aromatic rings. The molecular weight excluding hydrogens is 264 g/mol. The third-order valence-electron chi connectivity index (χ3n) is 3.39. The van der Waals surface area contributed by atoms with Gasteiger partial charge in [-0.2, -0.15) is 5.26 Å². The van der Waals surface area contributed by atoms with Gasteiger partial charge in [0.05, 0.1) is 18.7 Å². The number of methoxy groups -OCH3 is 1. The summed E-state index contributed by atoms with van der Waals surface area (Å²) in [5, 5.41) is 9.71.